The monoisotopic (exact) mass is 195 g/mol. The third kappa shape index (κ3) is 3.21. The van der Waals surface area contributed by atoms with Crippen LogP contribution in [-0.2, 0) is 0 Å². The zero-order valence-corrected chi connectivity index (χ0v) is 8.30. The predicted molar refractivity (Wildman–Crippen MR) is 57.8 cm³/mol. The molecule has 2 heteroatoms. The van der Waals surface area contributed by atoms with Crippen LogP contribution in [0.15, 0.2) is 36.9 Å². The van der Waals surface area contributed by atoms with Gasteiger partial charge >= 0.3 is 0 Å². The van der Waals surface area contributed by atoms with Crippen LogP contribution < -0.4 is 5.73 Å². The molecule has 0 radical (unpaired) electrons. The van der Waals surface area contributed by atoms with Gasteiger partial charge in [-0.25, -0.2) is 0 Å². The van der Waals surface area contributed by atoms with Gasteiger partial charge in [-0.3, -0.25) is 0 Å². The summed E-state index contributed by atoms with van der Waals surface area (Å²) in [6.45, 7) is 3.66. The first-order valence-electron chi connectivity index (χ1n) is 4.36. The van der Waals surface area contributed by atoms with Gasteiger partial charge in [0, 0.05) is 11.1 Å². The first-order valence-corrected chi connectivity index (χ1v) is 4.74. The molecule has 0 saturated carbocycles. The van der Waals surface area contributed by atoms with Crippen molar-refractivity contribution < 1.29 is 0 Å². The second kappa shape index (κ2) is 5.05. The van der Waals surface area contributed by atoms with Gasteiger partial charge in [-0.15, -0.1) is 6.58 Å². The Bertz CT molecular complexity index is 283. The van der Waals surface area contributed by atoms with Crippen LogP contribution >= 0.6 is 11.6 Å². The summed E-state index contributed by atoms with van der Waals surface area (Å²) in [5.41, 5.74) is 7.04. The van der Waals surface area contributed by atoms with Crippen molar-refractivity contribution in [2.75, 3.05) is 0 Å². The smallest absolute Gasteiger partial charge is 0.0409 e. The second-order valence-corrected chi connectivity index (χ2v) is 3.46. The third-order valence-electron chi connectivity index (χ3n) is 1.96. The summed E-state index contributed by atoms with van der Waals surface area (Å²) < 4.78 is 0. The van der Waals surface area contributed by atoms with E-state index in [2.05, 4.69) is 6.58 Å². The lowest BCUT2D eigenvalue weighted by Gasteiger charge is -2.10. The van der Waals surface area contributed by atoms with Crippen LogP contribution in [0.5, 0.6) is 0 Å². The highest BCUT2D eigenvalue weighted by Crippen LogP contribution is 2.19. The molecular formula is C11H14ClN. The van der Waals surface area contributed by atoms with Crippen LogP contribution in [0, 0.1) is 0 Å². The van der Waals surface area contributed by atoms with Crippen LogP contribution in [0.2, 0.25) is 5.02 Å². The van der Waals surface area contributed by atoms with Gasteiger partial charge in [-0.2, -0.15) is 0 Å². The molecular weight excluding hydrogens is 182 g/mol. The third-order valence-corrected chi connectivity index (χ3v) is 2.19. The van der Waals surface area contributed by atoms with Crippen molar-refractivity contribution in [1.29, 1.82) is 0 Å². The summed E-state index contributed by atoms with van der Waals surface area (Å²) in [5, 5.41) is 0.742. The highest BCUT2D eigenvalue weighted by Gasteiger charge is 2.04. The molecule has 0 fully saturated rings. The van der Waals surface area contributed by atoms with Gasteiger partial charge in [0.25, 0.3) is 0 Å². The molecule has 1 rings (SSSR count). The Morgan fingerprint density at radius 2 is 2.31 bits per heavy atom. The topological polar surface area (TPSA) is 26.0 Å². The maximum absolute atomic E-state index is 5.94. The van der Waals surface area contributed by atoms with Crippen LogP contribution in [0.1, 0.15) is 24.4 Å². The van der Waals surface area contributed by atoms with Gasteiger partial charge in [0.2, 0.25) is 0 Å². The van der Waals surface area contributed by atoms with E-state index in [0.29, 0.717) is 0 Å². The molecule has 0 aliphatic rings. The molecule has 0 heterocycles. The average Bonchev–Trinajstić information content (AvgIpc) is 2.14. The van der Waals surface area contributed by atoms with Crippen molar-refractivity contribution in [2.24, 2.45) is 5.73 Å². The Hall–Kier alpha value is -0.790. The van der Waals surface area contributed by atoms with Crippen molar-refractivity contribution in [1.82, 2.24) is 0 Å². The molecule has 0 unspecified atom stereocenters. The average molecular weight is 196 g/mol. The maximum atomic E-state index is 5.94. The molecule has 0 aromatic heterocycles. The SMILES string of the molecule is C=CCC[C@H](N)c1cccc(Cl)c1. The maximum Gasteiger partial charge on any atom is 0.0409 e. The normalized spacial score (nSPS) is 12.5. The molecule has 1 aromatic carbocycles. The minimum Gasteiger partial charge on any atom is -0.324 e. The molecule has 0 saturated heterocycles. The first-order chi connectivity index (χ1) is 6.24. The van der Waals surface area contributed by atoms with Crippen molar-refractivity contribution in [3.05, 3.63) is 47.5 Å². The quantitative estimate of drug-likeness (QED) is 0.733. The van der Waals surface area contributed by atoms with E-state index < -0.39 is 0 Å². The van der Waals surface area contributed by atoms with Gasteiger partial charge < -0.3 is 5.73 Å². The number of benzene rings is 1. The molecule has 0 aliphatic heterocycles. The molecule has 0 spiro atoms. The minimum absolute atomic E-state index is 0.0664. The lowest BCUT2D eigenvalue weighted by molar-refractivity contribution is 0.661. The van der Waals surface area contributed by atoms with Crippen molar-refractivity contribution in [3.63, 3.8) is 0 Å². The number of hydrogen-bond acceptors (Lipinski definition) is 1. The van der Waals surface area contributed by atoms with Gasteiger partial charge in [-0.1, -0.05) is 29.8 Å². The fourth-order valence-corrected chi connectivity index (χ4v) is 1.40. The minimum atomic E-state index is 0.0664. The largest absolute Gasteiger partial charge is 0.324 e. The zero-order valence-electron chi connectivity index (χ0n) is 7.54. The number of nitrogens with two attached hydrogens (primary N) is 1. The zero-order chi connectivity index (χ0) is 9.68. The van der Waals surface area contributed by atoms with E-state index in [1.165, 1.54) is 0 Å². The lowest BCUT2D eigenvalue weighted by atomic mass is 10.0. The van der Waals surface area contributed by atoms with Gasteiger partial charge in [0.1, 0.15) is 0 Å². The van der Waals surface area contributed by atoms with Crippen LogP contribution in [0.4, 0.5) is 0 Å². The van der Waals surface area contributed by atoms with Crippen LogP contribution in [-0.4, -0.2) is 0 Å². The highest BCUT2D eigenvalue weighted by atomic mass is 35.5. The Morgan fingerprint density at radius 1 is 1.54 bits per heavy atom. The van der Waals surface area contributed by atoms with Crippen molar-refractivity contribution in [2.45, 2.75) is 18.9 Å². The summed E-state index contributed by atoms with van der Waals surface area (Å²) in [5.74, 6) is 0. The molecule has 1 aromatic rings. The van der Waals surface area contributed by atoms with Crippen molar-refractivity contribution in [3.8, 4) is 0 Å². The number of halogens is 1. The van der Waals surface area contributed by atoms with E-state index in [4.69, 9.17) is 17.3 Å². The van der Waals surface area contributed by atoms with Gasteiger partial charge in [0.05, 0.1) is 0 Å². The lowest BCUT2D eigenvalue weighted by Crippen LogP contribution is -2.09. The summed E-state index contributed by atoms with van der Waals surface area (Å²) in [7, 11) is 0. The Labute approximate surface area is 84.2 Å². The van der Waals surface area contributed by atoms with E-state index in [1.807, 2.05) is 30.3 Å². The van der Waals surface area contributed by atoms with Crippen LogP contribution in [0.25, 0.3) is 0 Å². The van der Waals surface area contributed by atoms with Gasteiger partial charge in [0.15, 0.2) is 0 Å². The number of allylic oxidation sites excluding steroid dienone is 1. The van der Waals surface area contributed by atoms with E-state index in [1.54, 1.807) is 0 Å². The fraction of sp³-hybridized carbons (Fsp3) is 0.273. The summed E-state index contributed by atoms with van der Waals surface area (Å²) >= 11 is 5.85. The summed E-state index contributed by atoms with van der Waals surface area (Å²) in [6, 6.07) is 7.75. The van der Waals surface area contributed by atoms with E-state index in [-0.39, 0.29) is 6.04 Å². The standard InChI is InChI=1S/C11H14ClN/c1-2-3-7-11(13)9-5-4-6-10(12)8-9/h2,4-6,8,11H,1,3,7,13H2/t11-/m0/s1. The first kappa shape index (κ1) is 10.3. The van der Waals surface area contributed by atoms with E-state index >= 15 is 0 Å². The highest BCUT2D eigenvalue weighted by molar-refractivity contribution is 6.30. The molecule has 70 valence electrons. The molecule has 0 aliphatic carbocycles. The molecule has 1 nitrogen and oxygen atoms in total. The molecule has 0 amide bonds. The van der Waals surface area contributed by atoms with E-state index in [0.717, 1.165) is 23.4 Å². The van der Waals surface area contributed by atoms with E-state index in [9.17, 15) is 0 Å². The molecule has 0 bridgehead atoms. The fourth-order valence-electron chi connectivity index (χ4n) is 1.20. The molecule has 13 heavy (non-hydrogen) atoms. The Morgan fingerprint density at radius 3 is 2.92 bits per heavy atom. The van der Waals surface area contributed by atoms with Gasteiger partial charge in [-0.05, 0) is 30.5 Å². The Kier molecular flexibility index (Phi) is 4.00. The summed E-state index contributed by atoms with van der Waals surface area (Å²) in [4.78, 5) is 0. The number of rotatable bonds is 4. The predicted octanol–water partition coefficient (Wildman–Crippen LogP) is 3.31. The Balaban J connectivity index is 2.65. The molecule has 2 N–H and O–H groups in total. The van der Waals surface area contributed by atoms with Crippen LogP contribution in [0.3, 0.4) is 0 Å². The van der Waals surface area contributed by atoms with Crippen molar-refractivity contribution >= 4 is 11.6 Å². The summed E-state index contributed by atoms with van der Waals surface area (Å²) in [6.07, 6.45) is 3.74. The second-order valence-electron chi connectivity index (χ2n) is 3.03. The number of hydrogen-bond donors (Lipinski definition) is 1. The molecule has 1 atom stereocenters.